The summed E-state index contributed by atoms with van der Waals surface area (Å²) in [6, 6.07) is 12.8. The SMILES string of the molecule is Nc1cccc(-n2nncc2-c2ccc(Cl)c(Cl)c2)c1. The molecule has 0 aliphatic rings. The largest absolute Gasteiger partial charge is 0.399 e. The molecule has 0 saturated carbocycles. The number of benzene rings is 2. The van der Waals surface area contributed by atoms with E-state index in [1.807, 2.05) is 30.3 Å². The van der Waals surface area contributed by atoms with Crippen LogP contribution < -0.4 is 5.73 Å². The van der Waals surface area contributed by atoms with Crippen LogP contribution in [0.4, 0.5) is 5.69 Å². The number of nitrogens with zero attached hydrogens (tertiary/aromatic N) is 3. The zero-order chi connectivity index (χ0) is 14.1. The topological polar surface area (TPSA) is 56.7 Å². The van der Waals surface area contributed by atoms with E-state index in [1.165, 1.54) is 0 Å². The van der Waals surface area contributed by atoms with Crippen molar-refractivity contribution in [2.75, 3.05) is 5.73 Å². The summed E-state index contributed by atoms with van der Waals surface area (Å²) in [4.78, 5) is 0. The van der Waals surface area contributed by atoms with Crippen LogP contribution in [0.1, 0.15) is 0 Å². The number of halogens is 2. The summed E-state index contributed by atoms with van der Waals surface area (Å²) in [5.74, 6) is 0. The molecule has 0 spiro atoms. The Morgan fingerprint density at radius 2 is 1.85 bits per heavy atom. The van der Waals surface area contributed by atoms with Gasteiger partial charge in [0.05, 0.1) is 27.6 Å². The van der Waals surface area contributed by atoms with Crippen molar-refractivity contribution in [2.45, 2.75) is 0 Å². The molecule has 0 aliphatic heterocycles. The minimum Gasteiger partial charge on any atom is -0.399 e. The molecule has 4 nitrogen and oxygen atoms in total. The summed E-state index contributed by atoms with van der Waals surface area (Å²) >= 11 is 12.0. The molecule has 2 N–H and O–H groups in total. The van der Waals surface area contributed by atoms with Crippen LogP contribution in [0.3, 0.4) is 0 Å². The van der Waals surface area contributed by atoms with Gasteiger partial charge in [0.2, 0.25) is 0 Å². The van der Waals surface area contributed by atoms with Gasteiger partial charge in [0.25, 0.3) is 0 Å². The van der Waals surface area contributed by atoms with Gasteiger partial charge in [-0.15, -0.1) is 5.10 Å². The Hall–Kier alpha value is -2.04. The number of nitrogens with two attached hydrogens (primary N) is 1. The molecule has 0 bridgehead atoms. The highest BCUT2D eigenvalue weighted by Gasteiger charge is 2.10. The molecule has 0 amide bonds. The van der Waals surface area contributed by atoms with E-state index in [0.29, 0.717) is 15.7 Å². The Morgan fingerprint density at radius 1 is 1.00 bits per heavy atom. The minimum atomic E-state index is 0.490. The molecule has 1 heterocycles. The highest BCUT2D eigenvalue weighted by Crippen LogP contribution is 2.29. The quantitative estimate of drug-likeness (QED) is 0.732. The van der Waals surface area contributed by atoms with Crippen molar-refractivity contribution in [3.63, 3.8) is 0 Å². The zero-order valence-corrected chi connectivity index (χ0v) is 11.8. The molecule has 6 heteroatoms. The Bertz CT molecular complexity index is 767. The highest BCUT2D eigenvalue weighted by atomic mass is 35.5. The maximum atomic E-state index is 6.05. The maximum Gasteiger partial charge on any atom is 0.0944 e. The van der Waals surface area contributed by atoms with Gasteiger partial charge in [-0.05, 0) is 30.3 Å². The van der Waals surface area contributed by atoms with Crippen LogP contribution in [0.2, 0.25) is 10.0 Å². The van der Waals surface area contributed by atoms with Gasteiger partial charge in [-0.3, -0.25) is 0 Å². The monoisotopic (exact) mass is 304 g/mol. The number of hydrogen-bond donors (Lipinski definition) is 1. The van der Waals surface area contributed by atoms with Crippen LogP contribution in [0.5, 0.6) is 0 Å². The number of hydrogen-bond acceptors (Lipinski definition) is 3. The first-order valence-corrected chi connectivity index (χ1v) is 6.63. The molecule has 0 unspecified atom stereocenters. The molecule has 100 valence electrons. The van der Waals surface area contributed by atoms with E-state index in [2.05, 4.69) is 10.3 Å². The second kappa shape index (κ2) is 5.15. The van der Waals surface area contributed by atoms with Gasteiger partial charge in [-0.2, -0.15) is 0 Å². The first-order valence-electron chi connectivity index (χ1n) is 5.87. The third-order valence-electron chi connectivity index (χ3n) is 2.88. The Morgan fingerprint density at radius 3 is 2.60 bits per heavy atom. The standard InChI is InChI=1S/C14H10Cl2N4/c15-12-5-4-9(6-13(12)16)14-8-18-19-20(14)11-3-1-2-10(17)7-11/h1-8H,17H2. The van der Waals surface area contributed by atoms with E-state index in [0.717, 1.165) is 16.9 Å². The van der Waals surface area contributed by atoms with Gasteiger partial charge in [-0.25, -0.2) is 4.68 Å². The molecule has 0 aliphatic carbocycles. The molecule has 3 aromatic rings. The molecule has 2 aromatic carbocycles. The van der Waals surface area contributed by atoms with Crippen molar-refractivity contribution in [3.8, 4) is 16.9 Å². The van der Waals surface area contributed by atoms with E-state index in [4.69, 9.17) is 28.9 Å². The molecule has 0 atom stereocenters. The lowest BCUT2D eigenvalue weighted by Crippen LogP contribution is -2.00. The van der Waals surface area contributed by atoms with E-state index >= 15 is 0 Å². The summed E-state index contributed by atoms with van der Waals surface area (Å²) in [5, 5.41) is 9.05. The lowest BCUT2D eigenvalue weighted by atomic mass is 10.1. The third kappa shape index (κ3) is 2.35. The van der Waals surface area contributed by atoms with Gasteiger partial charge in [0, 0.05) is 11.3 Å². The van der Waals surface area contributed by atoms with Crippen LogP contribution in [-0.4, -0.2) is 15.0 Å². The smallest absolute Gasteiger partial charge is 0.0944 e. The normalized spacial score (nSPS) is 10.7. The average Bonchev–Trinajstić information content (AvgIpc) is 2.91. The van der Waals surface area contributed by atoms with Crippen LogP contribution in [-0.2, 0) is 0 Å². The molecule has 20 heavy (non-hydrogen) atoms. The van der Waals surface area contributed by atoms with Crippen molar-refractivity contribution in [1.82, 2.24) is 15.0 Å². The van der Waals surface area contributed by atoms with Crippen LogP contribution in [0.25, 0.3) is 16.9 Å². The Balaban J connectivity index is 2.12. The fourth-order valence-corrected chi connectivity index (χ4v) is 2.23. The summed E-state index contributed by atoms with van der Waals surface area (Å²) < 4.78 is 1.70. The Kier molecular flexibility index (Phi) is 3.34. The summed E-state index contributed by atoms with van der Waals surface area (Å²) in [7, 11) is 0. The lowest BCUT2D eigenvalue weighted by molar-refractivity contribution is 0.808. The second-order valence-corrected chi connectivity index (χ2v) is 5.07. The molecule has 3 rings (SSSR count). The van der Waals surface area contributed by atoms with E-state index in [9.17, 15) is 0 Å². The van der Waals surface area contributed by atoms with Crippen molar-refractivity contribution >= 4 is 28.9 Å². The molecule has 0 radical (unpaired) electrons. The zero-order valence-electron chi connectivity index (χ0n) is 10.3. The van der Waals surface area contributed by atoms with Crippen molar-refractivity contribution in [3.05, 3.63) is 58.7 Å². The second-order valence-electron chi connectivity index (χ2n) is 4.25. The first kappa shape index (κ1) is 13.0. The minimum absolute atomic E-state index is 0.490. The third-order valence-corrected chi connectivity index (χ3v) is 3.62. The molecule has 0 saturated heterocycles. The Labute approximate surface area is 125 Å². The average molecular weight is 305 g/mol. The van der Waals surface area contributed by atoms with Gasteiger partial charge in [0.15, 0.2) is 0 Å². The predicted octanol–water partition coefficient (Wildman–Crippen LogP) is 3.82. The molecular weight excluding hydrogens is 295 g/mol. The van der Waals surface area contributed by atoms with Crippen LogP contribution >= 0.6 is 23.2 Å². The fraction of sp³-hybridized carbons (Fsp3) is 0. The predicted molar refractivity (Wildman–Crippen MR) is 81.2 cm³/mol. The fourth-order valence-electron chi connectivity index (χ4n) is 1.93. The summed E-state index contributed by atoms with van der Waals surface area (Å²) in [6.45, 7) is 0. The summed E-state index contributed by atoms with van der Waals surface area (Å²) in [6.07, 6.45) is 1.67. The lowest BCUT2D eigenvalue weighted by Gasteiger charge is -2.07. The number of aromatic nitrogens is 3. The van der Waals surface area contributed by atoms with E-state index in [-0.39, 0.29) is 0 Å². The molecule has 0 fully saturated rings. The highest BCUT2D eigenvalue weighted by molar-refractivity contribution is 6.42. The first-order chi connectivity index (χ1) is 9.65. The molecule has 1 aromatic heterocycles. The van der Waals surface area contributed by atoms with Gasteiger partial charge >= 0.3 is 0 Å². The van der Waals surface area contributed by atoms with Crippen molar-refractivity contribution in [2.24, 2.45) is 0 Å². The van der Waals surface area contributed by atoms with Gasteiger partial charge in [0.1, 0.15) is 0 Å². The molecular formula is C14H10Cl2N4. The van der Waals surface area contributed by atoms with Crippen LogP contribution in [0, 0.1) is 0 Å². The van der Waals surface area contributed by atoms with E-state index < -0.39 is 0 Å². The maximum absolute atomic E-state index is 6.05. The van der Waals surface area contributed by atoms with Crippen molar-refractivity contribution < 1.29 is 0 Å². The number of rotatable bonds is 2. The number of nitrogen functional groups attached to an aromatic ring is 1. The van der Waals surface area contributed by atoms with Crippen molar-refractivity contribution in [1.29, 1.82) is 0 Å². The van der Waals surface area contributed by atoms with Crippen LogP contribution in [0.15, 0.2) is 48.7 Å². The summed E-state index contributed by atoms with van der Waals surface area (Å²) in [5.41, 5.74) is 8.99. The van der Waals surface area contributed by atoms with Gasteiger partial charge < -0.3 is 5.73 Å². The van der Waals surface area contributed by atoms with E-state index in [1.54, 1.807) is 23.0 Å². The number of anilines is 1. The van der Waals surface area contributed by atoms with Gasteiger partial charge in [-0.1, -0.05) is 40.5 Å².